The van der Waals surface area contributed by atoms with Crippen LogP contribution < -0.4 is 5.32 Å². The van der Waals surface area contributed by atoms with Gasteiger partial charge in [-0.2, -0.15) is 0 Å². The summed E-state index contributed by atoms with van der Waals surface area (Å²) in [6.07, 6.45) is 2.07. The fourth-order valence-corrected chi connectivity index (χ4v) is 3.01. The van der Waals surface area contributed by atoms with E-state index in [0.29, 0.717) is 0 Å². The smallest absolute Gasteiger partial charge is 0.0873 e. The van der Waals surface area contributed by atoms with Gasteiger partial charge in [-0.1, -0.05) is 54.2 Å². The molecule has 1 aliphatic heterocycles. The number of hydrogen-bond donors (Lipinski definition) is 1. The average Bonchev–Trinajstić information content (AvgIpc) is 2.58. The Labute approximate surface area is 123 Å². The lowest BCUT2D eigenvalue weighted by Gasteiger charge is -2.16. The molecule has 0 aromatic heterocycles. The molecule has 0 aliphatic carbocycles. The number of rotatable bonds is 1. The number of anilines is 1. The maximum atomic E-state index is 5.94. The van der Waals surface area contributed by atoms with E-state index >= 15 is 0 Å². The molecule has 3 rings (SSSR count). The highest BCUT2D eigenvalue weighted by atomic mass is 35.5. The largest absolute Gasteiger partial charge is 0.349 e. The highest BCUT2D eigenvalue weighted by Gasteiger charge is 2.21. The van der Waals surface area contributed by atoms with E-state index in [2.05, 4.69) is 35.6 Å². The molecule has 1 atom stereocenters. The molecule has 1 heterocycles. The Morgan fingerprint density at radius 2 is 1.79 bits per heavy atom. The Hall–Kier alpha value is -1.38. The maximum absolute atomic E-state index is 5.94. The first kappa shape index (κ1) is 12.6. The molecule has 0 unspecified atom stereocenters. The first-order valence-corrected chi connectivity index (χ1v) is 7.17. The SMILES string of the molecule is S=C1Nc2ccccc2CC[C@@H]1c1ccc(Cl)cc1. The Morgan fingerprint density at radius 1 is 1.05 bits per heavy atom. The third kappa shape index (κ3) is 2.65. The minimum absolute atomic E-state index is 0.264. The van der Waals surface area contributed by atoms with Gasteiger partial charge in [0.05, 0.1) is 4.99 Å². The number of hydrogen-bond acceptors (Lipinski definition) is 1. The number of benzene rings is 2. The van der Waals surface area contributed by atoms with Crippen molar-refractivity contribution in [3.8, 4) is 0 Å². The quantitative estimate of drug-likeness (QED) is 0.756. The molecule has 1 N–H and O–H groups in total. The number of para-hydroxylation sites is 1. The van der Waals surface area contributed by atoms with Crippen molar-refractivity contribution >= 4 is 34.5 Å². The highest BCUT2D eigenvalue weighted by Crippen LogP contribution is 2.31. The lowest BCUT2D eigenvalue weighted by molar-refractivity contribution is 0.782. The summed E-state index contributed by atoms with van der Waals surface area (Å²) in [6.45, 7) is 0. The van der Waals surface area contributed by atoms with Crippen molar-refractivity contribution in [2.45, 2.75) is 18.8 Å². The predicted molar refractivity (Wildman–Crippen MR) is 85.2 cm³/mol. The van der Waals surface area contributed by atoms with Gasteiger partial charge in [0.2, 0.25) is 0 Å². The van der Waals surface area contributed by atoms with Crippen LogP contribution in [0.5, 0.6) is 0 Å². The van der Waals surface area contributed by atoms with Gasteiger partial charge in [0.25, 0.3) is 0 Å². The molecule has 0 saturated heterocycles. The summed E-state index contributed by atoms with van der Waals surface area (Å²) in [7, 11) is 0. The molecule has 2 aromatic carbocycles. The Balaban J connectivity index is 1.90. The van der Waals surface area contributed by atoms with Gasteiger partial charge in [0, 0.05) is 16.6 Å². The zero-order valence-electron chi connectivity index (χ0n) is 10.4. The van der Waals surface area contributed by atoms with E-state index in [9.17, 15) is 0 Å². The van der Waals surface area contributed by atoms with Gasteiger partial charge in [-0.05, 0) is 42.2 Å². The van der Waals surface area contributed by atoms with Crippen LogP contribution in [0, 0.1) is 0 Å². The van der Waals surface area contributed by atoms with Crippen molar-refractivity contribution in [1.29, 1.82) is 0 Å². The van der Waals surface area contributed by atoms with Gasteiger partial charge in [0.1, 0.15) is 0 Å². The minimum atomic E-state index is 0.264. The highest BCUT2D eigenvalue weighted by molar-refractivity contribution is 7.80. The van der Waals surface area contributed by atoms with Crippen molar-refractivity contribution in [3.05, 3.63) is 64.7 Å². The van der Waals surface area contributed by atoms with Crippen LogP contribution in [-0.4, -0.2) is 4.99 Å². The predicted octanol–water partition coefficient (Wildman–Crippen LogP) is 4.81. The van der Waals surface area contributed by atoms with Crippen molar-refractivity contribution < 1.29 is 0 Å². The molecule has 0 amide bonds. The average molecular weight is 288 g/mol. The van der Waals surface area contributed by atoms with E-state index in [0.717, 1.165) is 28.5 Å². The molecule has 2 aromatic rings. The van der Waals surface area contributed by atoms with E-state index in [4.69, 9.17) is 23.8 Å². The fourth-order valence-electron chi connectivity index (χ4n) is 2.52. The monoisotopic (exact) mass is 287 g/mol. The molecule has 19 heavy (non-hydrogen) atoms. The Bertz CT molecular complexity index is 606. The topological polar surface area (TPSA) is 12.0 Å². The number of halogens is 1. The molecule has 0 bridgehead atoms. The van der Waals surface area contributed by atoms with Crippen LogP contribution in [0.1, 0.15) is 23.5 Å². The van der Waals surface area contributed by atoms with E-state index < -0.39 is 0 Å². The van der Waals surface area contributed by atoms with Crippen molar-refractivity contribution in [3.63, 3.8) is 0 Å². The molecule has 0 saturated carbocycles. The molecule has 96 valence electrons. The number of fused-ring (bicyclic) bond motifs is 1. The second-order valence-corrected chi connectivity index (χ2v) is 5.67. The fraction of sp³-hybridized carbons (Fsp3) is 0.188. The van der Waals surface area contributed by atoms with E-state index in [1.807, 2.05) is 18.2 Å². The molecule has 1 nitrogen and oxygen atoms in total. The van der Waals surface area contributed by atoms with E-state index in [1.165, 1.54) is 11.1 Å². The molecule has 3 heteroatoms. The van der Waals surface area contributed by atoms with Crippen molar-refractivity contribution in [2.24, 2.45) is 0 Å². The van der Waals surface area contributed by atoms with Crippen LogP contribution in [-0.2, 0) is 6.42 Å². The van der Waals surface area contributed by atoms with E-state index in [-0.39, 0.29) is 5.92 Å². The van der Waals surface area contributed by atoms with Gasteiger partial charge in [-0.25, -0.2) is 0 Å². The maximum Gasteiger partial charge on any atom is 0.0873 e. The van der Waals surface area contributed by atoms with Crippen LogP contribution in [0.3, 0.4) is 0 Å². The molecular weight excluding hydrogens is 274 g/mol. The summed E-state index contributed by atoms with van der Waals surface area (Å²) < 4.78 is 0. The summed E-state index contributed by atoms with van der Waals surface area (Å²) in [5.41, 5.74) is 3.71. The molecule has 0 spiro atoms. The zero-order valence-corrected chi connectivity index (χ0v) is 12.0. The van der Waals surface area contributed by atoms with Gasteiger partial charge in [0.15, 0.2) is 0 Å². The number of aryl methyl sites for hydroxylation is 1. The van der Waals surface area contributed by atoms with Crippen molar-refractivity contribution in [2.75, 3.05) is 5.32 Å². The third-order valence-corrected chi connectivity index (χ3v) is 4.21. The van der Waals surface area contributed by atoms with Crippen LogP contribution in [0.4, 0.5) is 5.69 Å². The summed E-state index contributed by atoms with van der Waals surface area (Å²) in [6, 6.07) is 16.4. The van der Waals surface area contributed by atoms with Gasteiger partial charge >= 0.3 is 0 Å². The lowest BCUT2D eigenvalue weighted by atomic mass is 9.93. The second kappa shape index (κ2) is 5.32. The number of nitrogens with one attached hydrogen (secondary N) is 1. The standard InChI is InChI=1S/C16H14ClNS/c17-13-8-5-11(6-9-13)14-10-7-12-3-1-2-4-15(12)18-16(14)19/h1-6,8-9,14H,7,10H2,(H,18,19)/t14-/m1/s1. The Morgan fingerprint density at radius 3 is 2.58 bits per heavy atom. The van der Waals surface area contributed by atoms with Crippen LogP contribution in [0.25, 0.3) is 0 Å². The van der Waals surface area contributed by atoms with Crippen LogP contribution >= 0.6 is 23.8 Å². The second-order valence-electron chi connectivity index (χ2n) is 4.79. The van der Waals surface area contributed by atoms with Gasteiger partial charge < -0.3 is 5.32 Å². The summed E-state index contributed by atoms with van der Waals surface area (Å²) >= 11 is 11.5. The summed E-state index contributed by atoms with van der Waals surface area (Å²) in [5, 5.41) is 4.15. The van der Waals surface area contributed by atoms with Gasteiger partial charge in [-0.3, -0.25) is 0 Å². The first-order chi connectivity index (χ1) is 9.24. The summed E-state index contributed by atoms with van der Waals surface area (Å²) in [4.78, 5) is 0.896. The normalized spacial score (nSPS) is 18.4. The van der Waals surface area contributed by atoms with Gasteiger partial charge in [-0.15, -0.1) is 0 Å². The molecule has 0 radical (unpaired) electrons. The van der Waals surface area contributed by atoms with Crippen LogP contribution in [0.2, 0.25) is 5.02 Å². The molecular formula is C16H14ClNS. The zero-order chi connectivity index (χ0) is 13.2. The molecule has 1 aliphatic rings. The van der Waals surface area contributed by atoms with Crippen molar-refractivity contribution in [1.82, 2.24) is 0 Å². The Kier molecular flexibility index (Phi) is 3.54. The first-order valence-electron chi connectivity index (χ1n) is 6.38. The minimum Gasteiger partial charge on any atom is -0.349 e. The lowest BCUT2D eigenvalue weighted by Crippen LogP contribution is -2.17. The van der Waals surface area contributed by atoms with E-state index in [1.54, 1.807) is 0 Å². The third-order valence-electron chi connectivity index (χ3n) is 3.57. The molecule has 0 fully saturated rings. The summed E-state index contributed by atoms with van der Waals surface area (Å²) in [5.74, 6) is 0.264. The number of thiocarbonyl (C=S) groups is 1. The van der Waals surface area contributed by atoms with Crippen LogP contribution in [0.15, 0.2) is 48.5 Å².